The number of carbonyl (C=O) groups is 1. The highest BCUT2D eigenvalue weighted by molar-refractivity contribution is 8.19. The average molecular weight is 412 g/mol. The molecule has 0 spiro atoms. The van der Waals surface area contributed by atoms with Crippen LogP contribution in [0.5, 0.6) is 5.75 Å². The minimum absolute atomic E-state index is 0.00743. The number of hydrogen-bond acceptors (Lipinski definition) is 6. The highest BCUT2D eigenvalue weighted by atomic mass is 32.2. The van der Waals surface area contributed by atoms with Crippen LogP contribution >= 0.6 is 23.5 Å². The molecule has 2 aromatic rings. The lowest BCUT2D eigenvalue weighted by Crippen LogP contribution is -2.29. The number of rotatable bonds is 3. The maximum Gasteiger partial charge on any atom is 0.269 e. The molecule has 7 heteroatoms. The van der Waals surface area contributed by atoms with Gasteiger partial charge in [-0.1, -0.05) is 23.9 Å². The Labute approximate surface area is 173 Å². The van der Waals surface area contributed by atoms with Crippen LogP contribution in [0.1, 0.15) is 12.5 Å². The highest BCUT2D eigenvalue weighted by Gasteiger charge is 2.38. The van der Waals surface area contributed by atoms with Gasteiger partial charge in [-0.3, -0.25) is 9.69 Å². The van der Waals surface area contributed by atoms with E-state index in [1.165, 1.54) is 11.8 Å². The van der Waals surface area contributed by atoms with Gasteiger partial charge in [-0.2, -0.15) is 0 Å². The molecule has 0 aromatic heterocycles. The van der Waals surface area contributed by atoms with E-state index >= 15 is 0 Å². The van der Waals surface area contributed by atoms with Crippen molar-refractivity contribution >= 4 is 46.0 Å². The van der Waals surface area contributed by atoms with Crippen molar-refractivity contribution in [3.63, 3.8) is 0 Å². The molecule has 28 heavy (non-hydrogen) atoms. The number of aryl methyl sites for hydroxylation is 1. The lowest BCUT2D eigenvalue weighted by Gasteiger charge is -2.15. The van der Waals surface area contributed by atoms with E-state index in [1.807, 2.05) is 63.4 Å². The fourth-order valence-electron chi connectivity index (χ4n) is 3.16. The van der Waals surface area contributed by atoms with Crippen LogP contribution in [-0.4, -0.2) is 36.7 Å². The van der Waals surface area contributed by atoms with Crippen LogP contribution in [0, 0.1) is 6.92 Å². The molecule has 0 radical (unpaired) electrons. The van der Waals surface area contributed by atoms with E-state index in [-0.39, 0.29) is 5.91 Å². The zero-order valence-electron chi connectivity index (χ0n) is 16.2. The topological polar surface area (TPSA) is 45.1 Å². The van der Waals surface area contributed by atoms with Crippen LogP contribution in [-0.2, 0) is 4.79 Å². The van der Waals surface area contributed by atoms with Crippen LogP contribution in [0.4, 0.5) is 11.4 Å². The minimum Gasteiger partial charge on any atom is -0.497 e. The third kappa shape index (κ3) is 3.29. The number of fused-ring (bicyclic) bond motifs is 1. The third-order valence-corrected chi connectivity index (χ3v) is 7.07. The number of carbonyl (C=O) groups excluding carboxylic acids is 1. The van der Waals surface area contributed by atoms with E-state index in [9.17, 15) is 4.79 Å². The number of benzene rings is 2. The van der Waals surface area contributed by atoms with E-state index in [1.54, 1.807) is 23.8 Å². The van der Waals surface area contributed by atoms with Crippen LogP contribution in [0.15, 0.2) is 62.3 Å². The van der Waals surface area contributed by atoms with Crippen molar-refractivity contribution in [2.75, 3.05) is 25.6 Å². The monoisotopic (exact) mass is 411 g/mol. The molecule has 0 bridgehead atoms. The summed E-state index contributed by atoms with van der Waals surface area (Å²) in [5.74, 6) is 0.813. The van der Waals surface area contributed by atoms with Crippen molar-refractivity contribution in [1.82, 2.24) is 4.90 Å². The number of nitrogens with zero attached hydrogens (tertiary/aromatic N) is 3. The first-order chi connectivity index (χ1) is 13.5. The van der Waals surface area contributed by atoms with Crippen molar-refractivity contribution in [1.29, 1.82) is 0 Å². The molecule has 0 aliphatic carbocycles. The normalized spacial score (nSPS) is 20.3. The molecule has 5 nitrogen and oxygen atoms in total. The smallest absolute Gasteiger partial charge is 0.269 e. The summed E-state index contributed by atoms with van der Waals surface area (Å²) in [5, 5.41) is 1.66. The number of aliphatic imine (C=N–C) groups is 1. The van der Waals surface area contributed by atoms with Crippen LogP contribution < -0.4 is 9.64 Å². The van der Waals surface area contributed by atoms with Crippen molar-refractivity contribution in [2.45, 2.75) is 18.7 Å². The van der Waals surface area contributed by atoms with Crippen molar-refractivity contribution < 1.29 is 9.53 Å². The minimum atomic E-state index is 0.00743. The van der Waals surface area contributed by atoms with Gasteiger partial charge in [-0.05, 0) is 55.4 Å². The second-order valence-electron chi connectivity index (χ2n) is 6.51. The second kappa shape index (κ2) is 7.56. The summed E-state index contributed by atoms with van der Waals surface area (Å²) in [6, 6.07) is 14.0. The fraction of sp³-hybridized carbons (Fsp3) is 0.238. The number of methoxy groups -OCH3 is 1. The molecule has 0 saturated carbocycles. The van der Waals surface area contributed by atoms with Gasteiger partial charge in [0.15, 0.2) is 5.17 Å². The van der Waals surface area contributed by atoms with Gasteiger partial charge < -0.3 is 9.64 Å². The second-order valence-corrected chi connectivity index (χ2v) is 8.52. The van der Waals surface area contributed by atoms with Gasteiger partial charge in [0.1, 0.15) is 10.7 Å². The molecular formula is C21H21N3O2S2. The van der Waals surface area contributed by atoms with Gasteiger partial charge in [0, 0.05) is 24.6 Å². The summed E-state index contributed by atoms with van der Waals surface area (Å²) in [6.45, 7) is 4.60. The molecule has 1 amide bonds. The molecule has 1 saturated heterocycles. The number of thioether (sulfide) groups is 2. The fourth-order valence-corrected chi connectivity index (χ4v) is 5.55. The highest BCUT2D eigenvalue weighted by Crippen LogP contribution is 2.50. The Morgan fingerprint density at radius 1 is 1.14 bits per heavy atom. The molecule has 0 unspecified atom stereocenters. The summed E-state index contributed by atoms with van der Waals surface area (Å²) < 4.78 is 5.35. The molecule has 2 aliphatic rings. The maximum atomic E-state index is 13.1. The molecule has 2 aliphatic heterocycles. The van der Waals surface area contributed by atoms with Crippen molar-refractivity contribution in [2.24, 2.45) is 4.99 Å². The first kappa shape index (κ1) is 19.0. The summed E-state index contributed by atoms with van der Waals surface area (Å²) in [5.41, 5.74) is 3.06. The predicted octanol–water partition coefficient (Wildman–Crippen LogP) is 5.00. The number of amidine groups is 1. The standard InChI is InChI=1S/C21H21N3O2S2/c1-5-24-19(25)18(28-21(24)22-14-8-6-7-13(2)11-14)20-23(3)16-12-15(26-4)9-10-17(16)27-20/h6-12H,5H2,1-4H3/b20-18-,22-21?. The Morgan fingerprint density at radius 2 is 1.96 bits per heavy atom. The first-order valence-corrected chi connectivity index (χ1v) is 10.6. The zero-order valence-corrected chi connectivity index (χ0v) is 17.9. The van der Waals surface area contributed by atoms with E-state index in [0.29, 0.717) is 6.54 Å². The van der Waals surface area contributed by atoms with E-state index < -0.39 is 0 Å². The zero-order chi connectivity index (χ0) is 19.8. The molecule has 4 rings (SSSR count). The lowest BCUT2D eigenvalue weighted by molar-refractivity contribution is -0.122. The molecule has 2 aromatic carbocycles. The van der Waals surface area contributed by atoms with E-state index in [0.717, 1.165) is 42.7 Å². The maximum absolute atomic E-state index is 13.1. The number of anilines is 1. The van der Waals surface area contributed by atoms with Gasteiger partial charge in [-0.15, -0.1) is 0 Å². The predicted molar refractivity (Wildman–Crippen MR) is 118 cm³/mol. The number of hydrogen-bond donors (Lipinski definition) is 0. The quantitative estimate of drug-likeness (QED) is 0.665. The Balaban J connectivity index is 1.72. The summed E-state index contributed by atoms with van der Waals surface area (Å²) in [6.07, 6.45) is 0. The van der Waals surface area contributed by atoms with Gasteiger partial charge in [0.2, 0.25) is 0 Å². The molecule has 0 N–H and O–H groups in total. The van der Waals surface area contributed by atoms with Crippen LogP contribution in [0.2, 0.25) is 0 Å². The first-order valence-electron chi connectivity index (χ1n) is 9.00. The van der Waals surface area contributed by atoms with Gasteiger partial charge >= 0.3 is 0 Å². The van der Waals surface area contributed by atoms with Crippen molar-refractivity contribution in [3.8, 4) is 5.75 Å². The Morgan fingerprint density at radius 3 is 2.68 bits per heavy atom. The van der Waals surface area contributed by atoms with Gasteiger partial charge in [-0.25, -0.2) is 4.99 Å². The molecule has 2 heterocycles. The molecule has 0 atom stereocenters. The molecule has 1 fully saturated rings. The van der Waals surface area contributed by atoms with Gasteiger partial charge in [0.05, 0.1) is 23.5 Å². The third-order valence-electron chi connectivity index (χ3n) is 4.64. The average Bonchev–Trinajstić information content (AvgIpc) is 3.17. The SMILES string of the molecule is CCN1C(=O)/C(=C2/Sc3ccc(OC)cc3N2C)SC1=Nc1cccc(C)c1. The summed E-state index contributed by atoms with van der Waals surface area (Å²) in [7, 11) is 3.65. The Kier molecular flexibility index (Phi) is 5.12. The van der Waals surface area contributed by atoms with E-state index in [4.69, 9.17) is 9.73 Å². The summed E-state index contributed by atoms with van der Waals surface area (Å²) in [4.78, 5) is 23.5. The van der Waals surface area contributed by atoms with Crippen LogP contribution in [0.25, 0.3) is 0 Å². The van der Waals surface area contributed by atoms with Gasteiger partial charge in [0.25, 0.3) is 5.91 Å². The Bertz CT molecular complexity index is 1020. The summed E-state index contributed by atoms with van der Waals surface area (Å²) >= 11 is 3.06. The van der Waals surface area contributed by atoms with Crippen molar-refractivity contribution in [3.05, 3.63) is 58.0 Å². The number of ether oxygens (including phenoxy) is 1. The van der Waals surface area contributed by atoms with Crippen LogP contribution in [0.3, 0.4) is 0 Å². The number of amides is 1. The Hall–Kier alpha value is -2.38. The number of likely N-dealkylation sites (N-methyl/N-ethyl adjacent to an activating group) is 1. The molecule has 144 valence electrons. The van der Waals surface area contributed by atoms with E-state index in [2.05, 4.69) is 4.90 Å². The molecular weight excluding hydrogens is 390 g/mol. The lowest BCUT2D eigenvalue weighted by atomic mass is 10.2. The largest absolute Gasteiger partial charge is 0.497 e.